The third kappa shape index (κ3) is 4.17. The number of allylic oxidation sites excluding steroid dienone is 1. The molecule has 0 amide bonds. The zero-order chi connectivity index (χ0) is 4.12. The summed E-state index contributed by atoms with van der Waals surface area (Å²) in [7, 11) is 2.52. The van der Waals surface area contributed by atoms with Gasteiger partial charge < -0.3 is 0 Å². The van der Waals surface area contributed by atoms with Gasteiger partial charge in [0.15, 0.2) is 0 Å². The van der Waals surface area contributed by atoms with Crippen molar-refractivity contribution < 1.29 is 0 Å². The zero-order valence-corrected chi connectivity index (χ0v) is 4.59. The summed E-state index contributed by atoms with van der Waals surface area (Å²) in [5.74, 6) is 1.97. The van der Waals surface area contributed by atoms with Crippen LogP contribution in [0.4, 0.5) is 0 Å². The molecule has 1 heteroatoms. The summed E-state index contributed by atoms with van der Waals surface area (Å²) in [4.78, 5) is 0. The van der Waals surface area contributed by atoms with Crippen molar-refractivity contribution in [2.75, 3.05) is 0 Å². The fourth-order valence-electron chi connectivity index (χ4n) is 0.136. The first-order valence-corrected chi connectivity index (χ1v) is 2.45. The van der Waals surface area contributed by atoms with Crippen LogP contribution in [0.5, 0.6) is 0 Å². The van der Waals surface area contributed by atoms with E-state index in [1.165, 1.54) is 0 Å². The highest BCUT2D eigenvalue weighted by molar-refractivity contribution is 7.20. The van der Waals surface area contributed by atoms with Crippen LogP contribution in [0.1, 0.15) is 13.3 Å². The van der Waals surface area contributed by atoms with Gasteiger partial charge in [-0.15, -0.1) is 9.24 Å². The molecule has 30 valence electrons. The summed E-state index contributed by atoms with van der Waals surface area (Å²) in [6.07, 6.45) is 3.23. The molecule has 0 rings (SSSR count). The monoisotopic (exact) mass is 88.0 g/mol. The van der Waals surface area contributed by atoms with Crippen molar-refractivity contribution in [3.05, 3.63) is 11.9 Å². The normalized spacial score (nSPS) is 10.0. The van der Waals surface area contributed by atoms with Crippen molar-refractivity contribution in [1.82, 2.24) is 0 Å². The van der Waals surface area contributed by atoms with E-state index in [0.717, 1.165) is 6.42 Å². The van der Waals surface area contributed by atoms with E-state index in [-0.39, 0.29) is 0 Å². The molecule has 0 bridgehead atoms. The van der Waals surface area contributed by atoms with Crippen molar-refractivity contribution >= 4 is 9.24 Å². The molecular weight excluding hydrogens is 79.0 g/mol. The third-order valence-corrected chi connectivity index (χ3v) is 0.644. The summed E-state index contributed by atoms with van der Waals surface area (Å²) in [5, 5.41) is 0. The lowest BCUT2D eigenvalue weighted by molar-refractivity contribution is 1.23. The van der Waals surface area contributed by atoms with Crippen molar-refractivity contribution in [2.45, 2.75) is 13.3 Å². The van der Waals surface area contributed by atoms with Crippen LogP contribution in [-0.4, -0.2) is 0 Å². The van der Waals surface area contributed by atoms with E-state index in [1.54, 1.807) is 0 Å². The van der Waals surface area contributed by atoms with Gasteiger partial charge in [0.1, 0.15) is 0 Å². The molecule has 0 N–H and O–H groups in total. The Morgan fingerprint density at radius 3 is 2.40 bits per heavy atom. The second kappa shape index (κ2) is 4.17. The van der Waals surface area contributed by atoms with Crippen LogP contribution in [0.15, 0.2) is 11.9 Å². The van der Waals surface area contributed by atoms with Gasteiger partial charge in [0.2, 0.25) is 0 Å². The summed E-state index contributed by atoms with van der Waals surface area (Å²) in [6, 6.07) is 0. The summed E-state index contributed by atoms with van der Waals surface area (Å²) in [5.41, 5.74) is 0. The first-order valence-electron chi connectivity index (χ1n) is 1.78. The Kier molecular flexibility index (Phi) is 4.31. The van der Waals surface area contributed by atoms with E-state index in [2.05, 4.69) is 22.2 Å². The molecule has 0 nitrogen and oxygen atoms in total. The maximum atomic E-state index is 2.52. The quantitative estimate of drug-likeness (QED) is 0.428. The van der Waals surface area contributed by atoms with Gasteiger partial charge >= 0.3 is 0 Å². The van der Waals surface area contributed by atoms with Gasteiger partial charge in [-0.05, 0) is 6.42 Å². The molecule has 0 saturated carbocycles. The lowest BCUT2D eigenvalue weighted by Gasteiger charge is -1.65. The van der Waals surface area contributed by atoms with Crippen LogP contribution in [0.3, 0.4) is 0 Å². The van der Waals surface area contributed by atoms with Crippen LogP contribution < -0.4 is 0 Å². The summed E-state index contributed by atoms with van der Waals surface area (Å²) < 4.78 is 0. The Balaban J connectivity index is 2.62. The van der Waals surface area contributed by atoms with Gasteiger partial charge in [-0.1, -0.05) is 18.8 Å². The van der Waals surface area contributed by atoms with E-state index in [4.69, 9.17) is 0 Å². The molecule has 0 aromatic rings. The second-order valence-electron chi connectivity index (χ2n) is 0.836. The Morgan fingerprint density at radius 1 is 1.80 bits per heavy atom. The number of rotatable bonds is 1. The zero-order valence-electron chi connectivity index (χ0n) is 3.44. The van der Waals surface area contributed by atoms with Crippen LogP contribution in [0, 0.1) is 0 Å². The van der Waals surface area contributed by atoms with Gasteiger partial charge in [0.25, 0.3) is 0 Å². The molecular formula is C4H9P. The molecule has 1 unspecified atom stereocenters. The number of hydrogen-bond donors (Lipinski definition) is 0. The molecule has 0 saturated heterocycles. The number of hydrogen-bond acceptors (Lipinski definition) is 0. The van der Waals surface area contributed by atoms with E-state index in [9.17, 15) is 0 Å². The largest absolute Gasteiger partial charge is 0.114 e. The minimum absolute atomic E-state index is 1.14. The molecule has 0 spiro atoms. The fraction of sp³-hybridized carbons (Fsp3) is 0.500. The third-order valence-electron chi connectivity index (χ3n) is 0.372. The topological polar surface area (TPSA) is 0 Å². The lowest BCUT2D eigenvalue weighted by Crippen LogP contribution is -1.40. The van der Waals surface area contributed by atoms with Crippen LogP contribution in [0.2, 0.25) is 0 Å². The van der Waals surface area contributed by atoms with Gasteiger partial charge in [0.05, 0.1) is 0 Å². The molecule has 5 heavy (non-hydrogen) atoms. The van der Waals surface area contributed by atoms with E-state index >= 15 is 0 Å². The maximum absolute atomic E-state index is 2.52. The average Bonchev–Trinajstić information content (AvgIpc) is 1.41. The molecule has 0 aromatic carbocycles. The average molecular weight is 88.1 g/mol. The Hall–Kier alpha value is 0.170. The summed E-state index contributed by atoms with van der Waals surface area (Å²) >= 11 is 0. The molecule has 0 fully saturated rings. The van der Waals surface area contributed by atoms with E-state index in [0.29, 0.717) is 0 Å². The Morgan fingerprint density at radius 2 is 2.40 bits per heavy atom. The van der Waals surface area contributed by atoms with Crippen LogP contribution in [0.25, 0.3) is 0 Å². The Labute approximate surface area is 35.5 Å². The molecule has 0 aliphatic carbocycles. The maximum Gasteiger partial charge on any atom is -0.0376 e. The molecule has 0 heterocycles. The minimum atomic E-state index is 1.14. The molecule has 0 aliphatic heterocycles. The molecule has 0 aromatic heterocycles. The van der Waals surface area contributed by atoms with Crippen molar-refractivity contribution in [2.24, 2.45) is 0 Å². The highest BCUT2D eigenvalue weighted by atomic mass is 31.0. The smallest absolute Gasteiger partial charge is 0.0376 e. The van der Waals surface area contributed by atoms with Gasteiger partial charge in [0, 0.05) is 0 Å². The highest BCUT2D eigenvalue weighted by Gasteiger charge is 1.52. The SMILES string of the molecule is CCC=CP. The molecule has 1 atom stereocenters. The first kappa shape index (κ1) is 5.17. The van der Waals surface area contributed by atoms with Crippen molar-refractivity contribution in [1.29, 1.82) is 0 Å². The van der Waals surface area contributed by atoms with Crippen molar-refractivity contribution in [3.63, 3.8) is 0 Å². The summed E-state index contributed by atoms with van der Waals surface area (Å²) in [6.45, 7) is 2.11. The first-order chi connectivity index (χ1) is 2.41. The van der Waals surface area contributed by atoms with E-state index in [1.807, 2.05) is 5.82 Å². The van der Waals surface area contributed by atoms with Gasteiger partial charge in [-0.2, -0.15) is 0 Å². The van der Waals surface area contributed by atoms with Crippen LogP contribution >= 0.6 is 9.24 Å². The molecule has 0 radical (unpaired) electrons. The van der Waals surface area contributed by atoms with Gasteiger partial charge in [-0.25, -0.2) is 0 Å². The second-order valence-corrected chi connectivity index (χ2v) is 1.22. The standard InChI is InChI=1S/C4H9P/c1-2-3-4-5/h3-4H,2,5H2,1H3. The predicted octanol–water partition coefficient (Wildman–Crippen LogP) is 1.79. The molecule has 0 aliphatic rings. The predicted molar refractivity (Wildman–Crippen MR) is 29.1 cm³/mol. The lowest BCUT2D eigenvalue weighted by atomic mass is 10.5. The van der Waals surface area contributed by atoms with Crippen LogP contribution in [-0.2, 0) is 0 Å². The highest BCUT2D eigenvalue weighted by Crippen LogP contribution is 1.84. The van der Waals surface area contributed by atoms with E-state index < -0.39 is 0 Å². The minimum Gasteiger partial charge on any atom is -0.114 e. The Bertz CT molecular complexity index is 30.6. The van der Waals surface area contributed by atoms with Crippen molar-refractivity contribution in [3.8, 4) is 0 Å². The fourth-order valence-corrected chi connectivity index (χ4v) is 0.408. The van der Waals surface area contributed by atoms with Gasteiger partial charge in [-0.3, -0.25) is 0 Å².